The van der Waals surface area contributed by atoms with Crippen molar-refractivity contribution in [3.05, 3.63) is 75.7 Å². The van der Waals surface area contributed by atoms with Gasteiger partial charge in [-0.2, -0.15) is 5.10 Å². The van der Waals surface area contributed by atoms with Crippen LogP contribution < -0.4 is 5.32 Å². The first-order valence-corrected chi connectivity index (χ1v) is 10.7. The van der Waals surface area contributed by atoms with Crippen molar-refractivity contribution in [2.75, 3.05) is 18.4 Å². The summed E-state index contributed by atoms with van der Waals surface area (Å²) in [6.07, 6.45) is 0.755. The minimum atomic E-state index is -0.122. The van der Waals surface area contributed by atoms with Crippen molar-refractivity contribution in [1.29, 1.82) is 0 Å². The Morgan fingerprint density at radius 2 is 2.03 bits per heavy atom. The van der Waals surface area contributed by atoms with Crippen molar-refractivity contribution in [2.45, 2.75) is 26.4 Å². The summed E-state index contributed by atoms with van der Waals surface area (Å²) in [5, 5.41) is 8.38. The van der Waals surface area contributed by atoms with E-state index in [0.29, 0.717) is 58.5 Å². The zero-order valence-electron chi connectivity index (χ0n) is 17.8. The highest BCUT2D eigenvalue weighted by Gasteiger charge is 2.31. The molecule has 0 bridgehead atoms. The van der Waals surface area contributed by atoms with Gasteiger partial charge in [0, 0.05) is 41.5 Å². The number of carbonyl (C=O) groups is 2. The molecular weight excluding hydrogens is 426 g/mol. The standard InChI is InChI=1S/C24H22ClN5O2/c1-4-27-20-10-18(25)9-17(14-31)23(20)21-11-22-24(32)29(12-15(2)30(22)28-21)13-16-5-7-19(26-3)8-6-16/h5-11,14-15,27H,4,12-13H2,1-2H3/t15-/m0/s1. The van der Waals surface area contributed by atoms with Crippen LogP contribution in [0.2, 0.25) is 5.02 Å². The number of carbonyl (C=O) groups excluding carboxylic acids is 2. The number of fused-ring (bicyclic) bond motifs is 1. The highest BCUT2D eigenvalue weighted by molar-refractivity contribution is 6.31. The van der Waals surface area contributed by atoms with Crippen LogP contribution in [0.1, 0.15) is 46.3 Å². The Labute approximate surface area is 191 Å². The van der Waals surface area contributed by atoms with E-state index in [2.05, 4.69) is 10.2 Å². The lowest BCUT2D eigenvalue weighted by molar-refractivity contribution is 0.0651. The van der Waals surface area contributed by atoms with Gasteiger partial charge in [0.05, 0.1) is 18.3 Å². The maximum atomic E-state index is 13.3. The van der Waals surface area contributed by atoms with Crippen molar-refractivity contribution < 1.29 is 9.59 Å². The van der Waals surface area contributed by atoms with E-state index in [-0.39, 0.29) is 11.9 Å². The van der Waals surface area contributed by atoms with Crippen LogP contribution in [0.25, 0.3) is 16.1 Å². The van der Waals surface area contributed by atoms with Gasteiger partial charge >= 0.3 is 0 Å². The Morgan fingerprint density at radius 1 is 1.28 bits per heavy atom. The SMILES string of the molecule is [C-]#[N+]c1ccc(CN2C[C@H](C)n3nc(-c4c(C=O)cc(Cl)cc4NCC)cc3C2=O)cc1. The van der Waals surface area contributed by atoms with Gasteiger partial charge in [-0.1, -0.05) is 35.9 Å². The Bertz CT molecular complexity index is 1230. The molecule has 0 radical (unpaired) electrons. The van der Waals surface area contributed by atoms with Gasteiger partial charge in [-0.25, -0.2) is 4.85 Å². The van der Waals surface area contributed by atoms with Gasteiger partial charge in [0.15, 0.2) is 12.0 Å². The van der Waals surface area contributed by atoms with Gasteiger partial charge in [-0.3, -0.25) is 14.3 Å². The third kappa shape index (κ3) is 3.97. The van der Waals surface area contributed by atoms with E-state index in [9.17, 15) is 9.59 Å². The fraction of sp³-hybridized carbons (Fsp3) is 0.250. The van der Waals surface area contributed by atoms with Crippen LogP contribution in [0.15, 0.2) is 42.5 Å². The molecule has 1 amide bonds. The first-order valence-electron chi connectivity index (χ1n) is 10.3. The van der Waals surface area contributed by atoms with Crippen molar-refractivity contribution in [3.8, 4) is 11.3 Å². The monoisotopic (exact) mass is 447 g/mol. The summed E-state index contributed by atoms with van der Waals surface area (Å²) < 4.78 is 1.73. The molecule has 0 fully saturated rings. The lowest BCUT2D eigenvalue weighted by Gasteiger charge is -2.31. The molecule has 2 aromatic carbocycles. The normalized spacial score (nSPS) is 15.2. The number of amides is 1. The van der Waals surface area contributed by atoms with E-state index in [1.165, 1.54) is 0 Å². The predicted octanol–water partition coefficient (Wildman–Crippen LogP) is 5.22. The predicted molar refractivity (Wildman–Crippen MR) is 124 cm³/mol. The molecule has 4 rings (SSSR count). The maximum absolute atomic E-state index is 13.3. The van der Waals surface area contributed by atoms with Crippen molar-refractivity contribution in [1.82, 2.24) is 14.7 Å². The average molecular weight is 448 g/mol. The molecule has 7 nitrogen and oxygen atoms in total. The molecule has 0 aliphatic carbocycles. The Morgan fingerprint density at radius 3 is 2.69 bits per heavy atom. The van der Waals surface area contributed by atoms with Crippen LogP contribution in [0, 0.1) is 6.57 Å². The molecule has 32 heavy (non-hydrogen) atoms. The number of aldehydes is 1. The largest absolute Gasteiger partial charge is 0.385 e. The second kappa shape index (κ2) is 8.85. The molecule has 2 heterocycles. The Balaban J connectivity index is 1.70. The summed E-state index contributed by atoms with van der Waals surface area (Å²) in [6, 6.07) is 12.3. The van der Waals surface area contributed by atoms with E-state index >= 15 is 0 Å². The van der Waals surface area contributed by atoms with E-state index in [0.717, 1.165) is 11.8 Å². The number of hydrogen-bond acceptors (Lipinski definition) is 4. The Hall–Kier alpha value is -3.63. The molecule has 0 spiro atoms. The van der Waals surface area contributed by atoms with Crippen molar-refractivity contribution in [2.24, 2.45) is 0 Å². The summed E-state index contributed by atoms with van der Waals surface area (Å²) in [7, 11) is 0. The molecule has 1 atom stereocenters. The number of nitrogens with one attached hydrogen (secondary N) is 1. The first-order chi connectivity index (χ1) is 15.4. The van der Waals surface area contributed by atoms with E-state index < -0.39 is 0 Å². The number of hydrogen-bond donors (Lipinski definition) is 1. The van der Waals surface area contributed by atoms with E-state index in [1.54, 1.807) is 39.9 Å². The van der Waals surface area contributed by atoms with Crippen LogP contribution in [-0.2, 0) is 6.54 Å². The lowest BCUT2D eigenvalue weighted by atomic mass is 10.0. The van der Waals surface area contributed by atoms with Gasteiger partial charge < -0.3 is 10.2 Å². The fourth-order valence-corrected chi connectivity index (χ4v) is 4.25. The van der Waals surface area contributed by atoms with Crippen LogP contribution >= 0.6 is 11.6 Å². The minimum absolute atomic E-state index is 0.0338. The quantitative estimate of drug-likeness (QED) is 0.415. The van der Waals surface area contributed by atoms with E-state index in [4.69, 9.17) is 23.3 Å². The van der Waals surface area contributed by atoms with E-state index in [1.807, 2.05) is 26.0 Å². The highest BCUT2D eigenvalue weighted by atomic mass is 35.5. The molecule has 0 saturated carbocycles. The molecule has 8 heteroatoms. The van der Waals surface area contributed by atoms with Gasteiger partial charge in [0.1, 0.15) is 5.69 Å². The molecule has 1 aliphatic heterocycles. The van der Waals surface area contributed by atoms with Crippen LogP contribution in [-0.4, -0.2) is 40.0 Å². The lowest BCUT2D eigenvalue weighted by Crippen LogP contribution is -2.41. The maximum Gasteiger partial charge on any atom is 0.272 e. The van der Waals surface area contributed by atoms with Crippen molar-refractivity contribution >= 4 is 35.2 Å². The number of anilines is 1. The van der Waals surface area contributed by atoms with Crippen molar-refractivity contribution in [3.63, 3.8) is 0 Å². The molecule has 0 unspecified atom stereocenters. The number of benzene rings is 2. The van der Waals surface area contributed by atoms with Gasteiger partial charge in [-0.05, 0) is 37.6 Å². The van der Waals surface area contributed by atoms with Gasteiger partial charge in [0.25, 0.3) is 5.91 Å². The third-order valence-electron chi connectivity index (χ3n) is 5.47. The van der Waals surface area contributed by atoms with Crippen LogP contribution in [0.3, 0.4) is 0 Å². The molecule has 1 aromatic heterocycles. The summed E-state index contributed by atoms with van der Waals surface area (Å²) >= 11 is 6.18. The molecule has 1 N–H and O–H groups in total. The number of nitrogens with zero attached hydrogens (tertiary/aromatic N) is 4. The summed E-state index contributed by atoms with van der Waals surface area (Å²) in [5.41, 5.74) is 4.32. The average Bonchev–Trinajstić information content (AvgIpc) is 3.23. The zero-order valence-corrected chi connectivity index (χ0v) is 18.6. The smallest absolute Gasteiger partial charge is 0.272 e. The summed E-state index contributed by atoms with van der Waals surface area (Å²) in [4.78, 5) is 30.2. The Kier molecular flexibility index (Phi) is 5.97. The molecule has 162 valence electrons. The van der Waals surface area contributed by atoms with Crippen LogP contribution in [0.5, 0.6) is 0 Å². The first kappa shape index (κ1) is 21.6. The molecule has 3 aromatic rings. The van der Waals surface area contributed by atoms with Gasteiger partial charge in [0.2, 0.25) is 0 Å². The highest BCUT2D eigenvalue weighted by Crippen LogP contribution is 2.35. The third-order valence-corrected chi connectivity index (χ3v) is 5.69. The molecular formula is C24H22ClN5O2. The second-order valence-electron chi connectivity index (χ2n) is 7.74. The molecule has 0 saturated heterocycles. The number of rotatable bonds is 6. The molecule has 1 aliphatic rings. The summed E-state index contributed by atoms with van der Waals surface area (Å²) in [6.45, 7) is 12.7. The zero-order chi connectivity index (χ0) is 22.8. The van der Waals surface area contributed by atoms with Crippen LogP contribution in [0.4, 0.5) is 11.4 Å². The van der Waals surface area contributed by atoms with Gasteiger partial charge in [-0.15, -0.1) is 0 Å². The fourth-order valence-electron chi connectivity index (χ4n) is 4.02. The number of halogens is 1. The topological polar surface area (TPSA) is 71.6 Å². The number of aromatic nitrogens is 2. The minimum Gasteiger partial charge on any atom is -0.385 e. The second-order valence-corrected chi connectivity index (χ2v) is 8.17. The summed E-state index contributed by atoms with van der Waals surface area (Å²) in [5.74, 6) is -0.122.